The first kappa shape index (κ1) is 44.8. The van der Waals surface area contributed by atoms with Crippen LogP contribution in [0.25, 0.3) is 33.4 Å². The molecule has 0 unspecified atom stereocenters. The normalized spacial score (nSPS) is 18.0. The van der Waals surface area contributed by atoms with Crippen molar-refractivity contribution in [2.75, 3.05) is 27.3 Å². The standard InChI is InChI=1S/C23H23ClN6O2.C13H16ClN3.C10H9N3O3/c1-14-17(24)6-7-18-20(14)28-22(27-18)23(2)9-4-12-29(23)21(31)16-13-15(32-3)5-8-19(16)30-25-10-11-26-30;1-8-9(14)4-5-10-11(8)17-12(16-10)13(2)6-3-7-15-13;1-16-7-2-3-9(8(6-7)10(14)15)13-11-4-5-12-13/h5-8,10-11,13H,4,9,12H2,1-3H3,(H,27,28);4-5,15H,3,6-7H2,1-2H3,(H,16,17);2-6H,1H3,(H,14,15)/t23-;13-;/m00./s1. The van der Waals surface area contributed by atoms with Gasteiger partial charge in [-0.05, 0) is 132 Å². The van der Waals surface area contributed by atoms with Gasteiger partial charge in [0.25, 0.3) is 5.91 Å². The summed E-state index contributed by atoms with van der Waals surface area (Å²) in [5, 5.41) is 30.2. The fourth-order valence-electron chi connectivity index (χ4n) is 8.33. The highest BCUT2D eigenvalue weighted by Crippen LogP contribution is 2.40. The Morgan fingerprint density at radius 1 is 0.692 bits per heavy atom. The Morgan fingerprint density at radius 2 is 1.20 bits per heavy atom. The molecule has 0 saturated carbocycles. The van der Waals surface area contributed by atoms with Crippen LogP contribution in [0.1, 0.15) is 83.0 Å². The molecule has 1 amide bonds. The molecule has 2 atom stereocenters. The van der Waals surface area contributed by atoms with Gasteiger partial charge in [-0.3, -0.25) is 4.79 Å². The van der Waals surface area contributed by atoms with E-state index < -0.39 is 11.5 Å². The number of nitrogens with zero attached hydrogens (tertiary/aromatic N) is 9. The molecule has 65 heavy (non-hydrogen) atoms. The van der Waals surface area contributed by atoms with E-state index in [1.165, 1.54) is 41.6 Å². The third kappa shape index (κ3) is 8.73. The van der Waals surface area contributed by atoms with E-state index in [4.69, 9.17) is 47.8 Å². The molecule has 2 fully saturated rings. The van der Waals surface area contributed by atoms with Crippen molar-refractivity contribution in [3.05, 3.63) is 129 Å². The van der Waals surface area contributed by atoms with Gasteiger partial charge in [0.15, 0.2) is 0 Å². The quantitative estimate of drug-likeness (QED) is 0.113. The van der Waals surface area contributed by atoms with Gasteiger partial charge in [0.05, 0.1) is 89.0 Å². The summed E-state index contributed by atoms with van der Waals surface area (Å²) in [7, 11) is 3.06. The number of H-pyrrole nitrogens is 2. The van der Waals surface area contributed by atoms with Gasteiger partial charge < -0.3 is 34.8 Å². The van der Waals surface area contributed by atoms with Crippen molar-refractivity contribution < 1.29 is 24.2 Å². The number of imidazole rings is 2. The summed E-state index contributed by atoms with van der Waals surface area (Å²) in [6.07, 6.45) is 10.1. The minimum atomic E-state index is -1.05. The van der Waals surface area contributed by atoms with Crippen LogP contribution in [-0.2, 0) is 11.1 Å². The minimum absolute atomic E-state index is 0.0159. The maximum Gasteiger partial charge on any atom is 0.338 e. The number of benzene rings is 4. The van der Waals surface area contributed by atoms with Crippen LogP contribution in [-0.4, -0.2) is 99.1 Å². The zero-order valence-corrected chi connectivity index (χ0v) is 38.2. The SMILES string of the molecule is COc1ccc(-n2nccn2)c(C(=O)N2CCC[C@@]2(C)c2nc3c(C)c(Cl)ccc3[nH]2)c1.COc1ccc(-n2nccn2)c(C(=O)O)c1.Cc1c(Cl)ccc2[nH]c([C@]3(C)CCCN3)nc12. The molecule has 4 aromatic heterocycles. The lowest BCUT2D eigenvalue weighted by molar-refractivity contribution is 0.0604. The van der Waals surface area contributed by atoms with Gasteiger partial charge in [-0.1, -0.05) is 23.2 Å². The van der Waals surface area contributed by atoms with E-state index in [-0.39, 0.29) is 17.0 Å². The number of fused-ring (bicyclic) bond motifs is 2. The zero-order valence-electron chi connectivity index (χ0n) is 36.7. The van der Waals surface area contributed by atoms with Gasteiger partial charge in [-0.15, -0.1) is 0 Å². The van der Waals surface area contributed by atoms with Gasteiger partial charge in [0.1, 0.15) is 28.8 Å². The number of carbonyl (C=O) groups excluding carboxylic acids is 1. The summed E-state index contributed by atoms with van der Waals surface area (Å²) < 4.78 is 10.4. The maximum atomic E-state index is 13.9. The number of nitrogens with one attached hydrogen (secondary N) is 3. The number of halogens is 2. The van der Waals surface area contributed by atoms with Crippen molar-refractivity contribution in [2.24, 2.45) is 0 Å². The molecular formula is C46H48Cl2N12O5. The van der Waals surface area contributed by atoms with E-state index in [1.54, 1.807) is 49.8 Å². The van der Waals surface area contributed by atoms with Crippen molar-refractivity contribution >= 4 is 57.1 Å². The molecule has 4 N–H and O–H groups in total. The second kappa shape index (κ2) is 18.3. The first-order chi connectivity index (χ1) is 31.2. The van der Waals surface area contributed by atoms with E-state index >= 15 is 0 Å². The molecule has 10 rings (SSSR count). The highest BCUT2D eigenvalue weighted by Gasteiger charge is 2.44. The number of aromatic carboxylic acids is 1. The number of carbonyl (C=O) groups is 2. The molecule has 0 bridgehead atoms. The summed E-state index contributed by atoms with van der Waals surface area (Å²) in [6.45, 7) is 9.91. The average molecular weight is 920 g/mol. The summed E-state index contributed by atoms with van der Waals surface area (Å²) >= 11 is 12.4. The number of likely N-dealkylation sites (tertiary alicyclic amines) is 1. The van der Waals surface area contributed by atoms with E-state index in [0.29, 0.717) is 40.0 Å². The predicted molar refractivity (Wildman–Crippen MR) is 247 cm³/mol. The van der Waals surface area contributed by atoms with E-state index in [9.17, 15) is 9.59 Å². The van der Waals surface area contributed by atoms with Gasteiger partial charge >= 0.3 is 5.97 Å². The number of carboxylic acid groups (broad SMARTS) is 1. The van der Waals surface area contributed by atoms with Crippen molar-refractivity contribution in [1.82, 2.24) is 60.1 Å². The summed E-state index contributed by atoms with van der Waals surface area (Å²) in [5.41, 5.74) is 6.73. The number of ether oxygens (including phenoxy) is 2. The molecule has 2 aliphatic heterocycles. The van der Waals surface area contributed by atoms with Crippen LogP contribution in [0.5, 0.6) is 11.5 Å². The van der Waals surface area contributed by atoms with Crippen LogP contribution in [0, 0.1) is 13.8 Å². The number of aromatic nitrogens is 10. The third-order valence-corrected chi connectivity index (χ3v) is 12.9. The Hall–Kier alpha value is -6.82. The molecule has 4 aromatic carbocycles. The monoisotopic (exact) mass is 918 g/mol. The Labute approximate surface area is 384 Å². The first-order valence-electron chi connectivity index (χ1n) is 20.9. The molecule has 0 radical (unpaired) electrons. The van der Waals surface area contributed by atoms with Crippen molar-refractivity contribution in [3.8, 4) is 22.9 Å². The molecule has 0 aliphatic carbocycles. The lowest BCUT2D eigenvalue weighted by Gasteiger charge is -2.34. The van der Waals surface area contributed by atoms with Crippen LogP contribution in [0.3, 0.4) is 0 Å². The predicted octanol–water partition coefficient (Wildman–Crippen LogP) is 8.36. The van der Waals surface area contributed by atoms with Crippen LogP contribution in [0.2, 0.25) is 10.0 Å². The van der Waals surface area contributed by atoms with Gasteiger partial charge in [0.2, 0.25) is 0 Å². The molecule has 8 aromatic rings. The highest BCUT2D eigenvalue weighted by atomic mass is 35.5. The van der Waals surface area contributed by atoms with Crippen LogP contribution in [0.15, 0.2) is 85.5 Å². The largest absolute Gasteiger partial charge is 0.497 e. The zero-order chi connectivity index (χ0) is 46.0. The van der Waals surface area contributed by atoms with Crippen LogP contribution >= 0.6 is 23.2 Å². The second-order valence-corrected chi connectivity index (χ2v) is 17.0. The maximum absolute atomic E-state index is 13.9. The van der Waals surface area contributed by atoms with E-state index in [0.717, 1.165) is 75.7 Å². The van der Waals surface area contributed by atoms with Crippen LogP contribution in [0.4, 0.5) is 0 Å². The number of hydrogen-bond acceptors (Lipinski definition) is 11. The fraction of sp³-hybridized carbons (Fsp3) is 0.304. The Bertz CT molecular complexity index is 3000. The molecule has 0 spiro atoms. The van der Waals surface area contributed by atoms with Crippen molar-refractivity contribution in [2.45, 2.75) is 64.5 Å². The Balaban J connectivity index is 0.000000147. The fourth-order valence-corrected chi connectivity index (χ4v) is 8.63. The molecule has 2 saturated heterocycles. The summed E-state index contributed by atoms with van der Waals surface area (Å²) in [6, 6.07) is 17.7. The molecule has 336 valence electrons. The molecule has 19 heteroatoms. The number of rotatable bonds is 8. The van der Waals surface area contributed by atoms with Crippen molar-refractivity contribution in [1.29, 1.82) is 0 Å². The number of amides is 1. The lowest BCUT2D eigenvalue weighted by Crippen LogP contribution is -2.44. The smallest absolute Gasteiger partial charge is 0.338 e. The third-order valence-electron chi connectivity index (χ3n) is 12.1. The van der Waals surface area contributed by atoms with Gasteiger partial charge in [-0.2, -0.15) is 30.0 Å². The first-order valence-corrected chi connectivity index (χ1v) is 21.7. The average Bonchev–Trinajstić information content (AvgIpc) is 4.18. The topological polar surface area (TPSA) is 207 Å². The Morgan fingerprint density at radius 3 is 1.71 bits per heavy atom. The van der Waals surface area contributed by atoms with Gasteiger partial charge in [-0.25, -0.2) is 14.8 Å². The summed E-state index contributed by atoms with van der Waals surface area (Å²) in [5.74, 6) is 1.69. The number of hydrogen-bond donors (Lipinski definition) is 4. The van der Waals surface area contributed by atoms with E-state index in [2.05, 4.69) is 49.5 Å². The van der Waals surface area contributed by atoms with Gasteiger partial charge in [0, 0.05) is 16.6 Å². The number of aryl methyl sites for hydroxylation is 2. The van der Waals surface area contributed by atoms with Crippen molar-refractivity contribution in [3.63, 3.8) is 0 Å². The minimum Gasteiger partial charge on any atom is -0.497 e. The highest BCUT2D eigenvalue weighted by molar-refractivity contribution is 6.32. The van der Waals surface area contributed by atoms with E-state index in [1.807, 2.05) is 43.0 Å². The summed E-state index contributed by atoms with van der Waals surface area (Å²) in [4.78, 5) is 46.0. The lowest BCUT2D eigenvalue weighted by atomic mass is 9.97. The molecular weight excluding hydrogens is 871 g/mol. The molecule has 6 heterocycles. The van der Waals surface area contributed by atoms with Crippen LogP contribution < -0.4 is 14.8 Å². The number of carboxylic acids is 1. The molecule has 2 aliphatic rings. The molecule has 17 nitrogen and oxygen atoms in total. The number of aromatic amines is 2. The Kier molecular flexibility index (Phi) is 12.6. The number of methoxy groups -OCH3 is 2. The second-order valence-electron chi connectivity index (χ2n) is 16.2.